The Bertz CT molecular complexity index is 776. The van der Waals surface area contributed by atoms with Gasteiger partial charge in [-0.2, -0.15) is 5.10 Å². The Morgan fingerprint density at radius 2 is 2.05 bits per heavy atom. The summed E-state index contributed by atoms with van der Waals surface area (Å²) in [5, 5.41) is 6.31. The van der Waals surface area contributed by atoms with E-state index in [9.17, 15) is 4.79 Å². The van der Waals surface area contributed by atoms with Gasteiger partial charge in [-0.25, -0.2) is 4.68 Å². The molecule has 0 aliphatic heterocycles. The first-order valence-electron chi connectivity index (χ1n) is 7.03. The summed E-state index contributed by atoms with van der Waals surface area (Å²) in [5.41, 5.74) is 3.05. The molecule has 0 bridgehead atoms. The average molecular weight is 311 g/mol. The van der Waals surface area contributed by atoms with Crippen LogP contribution in [0.15, 0.2) is 54.2 Å². The summed E-state index contributed by atoms with van der Waals surface area (Å²) in [6, 6.07) is 11.9. The minimum absolute atomic E-state index is 0.0555. The summed E-state index contributed by atoms with van der Waals surface area (Å²) in [6.07, 6.45) is 3.76. The van der Waals surface area contributed by atoms with Crippen molar-refractivity contribution in [3.05, 3.63) is 70.2 Å². The van der Waals surface area contributed by atoms with Crippen LogP contribution < -0.4 is 0 Å². The van der Waals surface area contributed by atoms with Crippen molar-refractivity contribution in [1.29, 1.82) is 0 Å². The first-order chi connectivity index (χ1) is 10.6. The smallest absolute Gasteiger partial charge is 0.264 e. The monoisotopic (exact) mass is 311 g/mol. The highest BCUT2D eigenvalue weighted by Gasteiger charge is 2.16. The standard InChI is InChI=1S/C17H17N3OS/c1-13-8-9-22-16(13)17(21)19(2)11-14-10-18-20(12-14)15-6-4-3-5-7-15/h3-10,12H,11H2,1-2H3. The number of hydrogen-bond donors (Lipinski definition) is 0. The van der Waals surface area contributed by atoms with Crippen LogP contribution in [0.1, 0.15) is 20.8 Å². The molecule has 22 heavy (non-hydrogen) atoms. The Morgan fingerprint density at radius 1 is 1.27 bits per heavy atom. The third-order valence-corrected chi connectivity index (χ3v) is 4.48. The summed E-state index contributed by atoms with van der Waals surface area (Å²) < 4.78 is 1.82. The number of para-hydroxylation sites is 1. The third-order valence-electron chi connectivity index (χ3n) is 3.48. The molecule has 0 fully saturated rings. The Morgan fingerprint density at radius 3 is 2.73 bits per heavy atom. The van der Waals surface area contributed by atoms with Crippen molar-refractivity contribution >= 4 is 17.2 Å². The molecule has 1 amide bonds. The molecule has 0 unspecified atom stereocenters. The molecule has 0 aliphatic rings. The number of carbonyl (C=O) groups is 1. The molecular weight excluding hydrogens is 294 g/mol. The zero-order valence-electron chi connectivity index (χ0n) is 12.6. The van der Waals surface area contributed by atoms with Gasteiger partial charge in [-0.05, 0) is 36.1 Å². The number of aryl methyl sites for hydroxylation is 1. The van der Waals surface area contributed by atoms with E-state index in [0.717, 1.165) is 21.7 Å². The average Bonchev–Trinajstić information content (AvgIpc) is 3.16. The normalized spacial score (nSPS) is 10.6. The number of hydrogen-bond acceptors (Lipinski definition) is 3. The quantitative estimate of drug-likeness (QED) is 0.739. The van der Waals surface area contributed by atoms with Gasteiger partial charge in [-0.1, -0.05) is 18.2 Å². The van der Waals surface area contributed by atoms with Crippen molar-refractivity contribution in [2.75, 3.05) is 7.05 Å². The maximum absolute atomic E-state index is 12.4. The van der Waals surface area contributed by atoms with Crippen LogP contribution in [0.4, 0.5) is 0 Å². The first-order valence-corrected chi connectivity index (χ1v) is 7.91. The van der Waals surface area contributed by atoms with Crippen LogP contribution in [-0.4, -0.2) is 27.6 Å². The Hall–Kier alpha value is -2.40. The van der Waals surface area contributed by atoms with E-state index < -0.39 is 0 Å². The number of nitrogens with zero attached hydrogens (tertiary/aromatic N) is 3. The van der Waals surface area contributed by atoms with Gasteiger partial charge >= 0.3 is 0 Å². The molecule has 0 N–H and O–H groups in total. The molecule has 0 aliphatic carbocycles. The van der Waals surface area contributed by atoms with Gasteiger partial charge in [0.2, 0.25) is 0 Å². The van der Waals surface area contributed by atoms with Gasteiger partial charge in [0.1, 0.15) is 0 Å². The van der Waals surface area contributed by atoms with Crippen LogP contribution in [-0.2, 0) is 6.54 Å². The summed E-state index contributed by atoms with van der Waals surface area (Å²) in [7, 11) is 1.82. The molecule has 5 heteroatoms. The van der Waals surface area contributed by atoms with Crippen molar-refractivity contribution in [3.8, 4) is 5.69 Å². The van der Waals surface area contributed by atoms with Gasteiger partial charge in [0.25, 0.3) is 5.91 Å². The van der Waals surface area contributed by atoms with Crippen LogP contribution in [0.5, 0.6) is 0 Å². The number of benzene rings is 1. The van der Waals surface area contributed by atoms with Crippen molar-refractivity contribution in [2.45, 2.75) is 13.5 Å². The molecule has 0 saturated heterocycles. The fraction of sp³-hybridized carbons (Fsp3) is 0.176. The van der Waals surface area contributed by atoms with Crippen molar-refractivity contribution < 1.29 is 4.79 Å². The van der Waals surface area contributed by atoms with E-state index in [-0.39, 0.29) is 5.91 Å². The molecule has 3 aromatic rings. The third kappa shape index (κ3) is 2.94. The predicted octanol–water partition coefficient (Wildman–Crippen LogP) is 3.51. The van der Waals surface area contributed by atoms with Gasteiger partial charge < -0.3 is 4.90 Å². The lowest BCUT2D eigenvalue weighted by Crippen LogP contribution is -2.25. The molecular formula is C17H17N3OS. The maximum atomic E-state index is 12.4. The molecule has 1 aromatic carbocycles. The summed E-state index contributed by atoms with van der Waals surface area (Å²) in [6.45, 7) is 2.51. The van der Waals surface area contributed by atoms with Gasteiger partial charge in [0.05, 0.1) is 16.8 Å². The van der Waals surface area contributed by atoms with Gasteiger partial charge in [-0.3, -0.25) is 4.79 Å². The minimum Gasteiger partial charge on any atom is -0.337 e. The van der Waals surface area contributed by atoms with Crippen molar-refractivity contribution in [1.82, 2.24) is 14.7 Å². The molecule has 2 aromatic heterocycles. The fourth-order valence-electron chi connectivity index (χ4n) is 2.27. The van der Waals surface area contributed by atoms with Crippen LogP contribution in [0.3, 0.4) is 0 Å². The van der Waals surface area contributed by atoms with Crippen LogP contribution in [0, 0.1) is 6.92 Å². The van der Waals surface area contributed by atoms with Gasteiger partial charge in [0.15, 0.2) is 0 Å². The highest BCUT2D eigenvalue weighted by atomic mass is 32.1. The second kappa shape index (κ2) is 6.15. The second-order valence-electron chi connectivity index (χ2n) is 5.22. The van der Waals surface area contributed by atoms with Crippen LogP contribution >= 0.6 is 11.3 Å². The van der Waals surface area contributed by atoms with Crippen molar-refractivity contribution in [3.63, 3.8) is 0 Å². The van der Waals surface area contributed by atoms with E-state index in [4.69, 9.17) is 0 Å². The van der Waals surface area contributed by atoms with E-state index in [1.54, 1.807) is 11.1 Å². The lowest BCUT2D eigenvalue weighted by molar-refractivity contribution is 0.0789. The number of rotatable bonds is 4. The molecule has 2 heterocycles. The van der Waals surface area contributed by atoms with Crippen LogP contribution in [0.25, 0.3) is 5.69 Å². The summed E-state index contributed by atoms with van der Waals surface area (Å²) in [4.78, 5) is 14.9. The molecule has 0 radical (unpaired) electrons. The molecule has 0 atom stereocenters. The van der Waals surface area contributed by atoms with Gasteiger partial charge in [0, 0.05) is 25.4 Å². The van der Waals surface area contributed by atoms with E-state index in [1.807, 2.05) is 66.6 Å². The molecule has 4 nitrogen and oxygen atoms in total. The fourth-order valence-corrected chi connectivity index (χ4v) is 3.19. The molecule has 112 valence electrons. The minimum atomic E-state index is 0.0555. The largest absolute Gasteiger partial charge is 0.337 e. The Labute approximate surface area is 133 Å². The predicted molar refractivity (Wildman–Crippen MR) is 88.4 cm³/mol. The topological polar surface area (TPSA) is 38.1 Å². The summed E-state index contributed by atoms with van der Waals surface area (Å²) in [5.74, 6) is 0.0555. The molecule has 0 saturated carbocycles. The highest BCUT2D eigenvalue weighted by molar-refractivity contribution is 7.12. The molecule has 3 rings (SSSR count). The second-order valence-corrected chi connectivity index (χ2v) is 6.14. The van der Waals surface area contributed by atoms with E-state index in [0.29, 0.717) is 6.54 Å². The number of aromatic nitrogens is 2. The van der Waals surface area contributed by atoms with Crippen molar-refractivity contribution in [2.24, 2.45) is 0 Å². The molecule has 0 spiro atoms. The number of amides is 1. The SMILES string of the molecule is Cc1ccsc1C(=O)N(C)Cc1cnn(-c2ccccc2)c1. The number of thiophene rings is 1. The van der Waals surface area contributed by atoms with E-state index >= 15 is 0 Å². The maximum Gasteiger partial charge on any atom is 0.264 e. The van der Waals surface area contributed by atoms with Crippen LogP contribution in [0.2, 0.25) is 0 Å². The zero-order valence-corrected chi connectivity index (χ0v) is 13.4. The van der Waals surface area contributed by atoms with Gasteiger partial charge in [-0.15, -0.1) is 11.3 Å². The zero-order chi connectivity index (χ0) is 15.5. The highest BCUT2D eigenvalue weighted by Crippen LogP contribution is 2.18. The Balaban J connectivity index is 1.73. The summed E-state index contributed by atoms with van der Waals surface area (Å²) >= 11 is 1.49. The Kier molecular flexibility index (Phi) is 4.06. The van der Waals surface area contributed by atoms with E-state index in [2.05, 4.69) is 5.10 Å². The lowest BCUT2D eigenvalue weighted by Gasteiger charge is -2.15. The lowest BCUT2D eigenvalue weighted by atomic mass is 10.2. The first kappa shape index (κ1) is 14.5. The van der Waals surface area contributed by atoms with E-state index in [1.165, 1.54) is 11.3 Å². The number of carbonyl (C=O) groups excluding carboxylic acids is 1.